The summed E-state index contributed by atoms with van der Waals surface area (Å²) in [6.45, 7) is 7.08. The molecule has 1 aromatic heterocycles. The minimum atomic E-state index is 0.502. The molecule has 0 unspecified atom stereocenters. The van der Waals surface area contributed by atoms with Crippen molar-refractivity contribution in [3.63, 3.8) is 0 Å². The van der Waals surface area contributed by atoms with Crippen molar-refractivity contribution in [3.8, 4) is 0 Å². The number of anilines is 1. The summed E-state index contributed by atoms with van der Waals surface area (Å²) in [6, 6.07) is 0. The summed E-state index contributed by atoms with van der Waals surface area (Å²) in [7, 11) is 0. The van der Waals surface area contributed by atoms with Crippen molar-refractivity contribution in [2.45, 2.75) is 57.4 Å². The summed E-state index contributed by atoms with van der Waals surface area (Å²) in [5.74, 6) is 1.94. The van der Waals surface area contributed by atoms with Crippen molar-refractivity contribution < 1.29 is 0 Å². The molecule has 1 spiro atoms. The molecule has 0 N–H and O–H groups in total. The number of hydrogen-bond acceptors (Lipinski definition) is 4. The Morgan fingerprint density at radius 3 is 2.45 bits per heavy atom. The van der Waals surface area contributed by atoms with Gasteiger partial charge in [0.25, 0.3) is 0 Å². The Hall–Kier alpha value is -1.16. The molecule has 22 heavy (non-hydrogen) atoms. The first kappa shape index (κ1) is 14.4. The minimum absolute atomic E-state index is 0.502. The van der Waals surface area contributed by atoms with Gasteiger partial charge in [-0.3, -0.25) is 4.90 Å². The van der Waals surface area contributed by atoms with Crippen LogP contribution in [0.4, 0.5) is 5.95 Å². The molecular weight excluding hydrogens is 272 g/mol. The minimum Gasteiger partial charge on any atom is -0.341 e. The van der Waals surface area contributed by atoms with Gasteiger partial charge in [-0.05, 0) is 63.0 Å². The fraction of sp³-hybridized carbons (Fsp3) is 0.778. The van der Waals surface area contributed by atoms with E-state index in [0.717, 1.165) is 31.4 Å². The molecule has 2 saturated heterocycles. The van der Waals surface area contributed by atoms with Gasteiger partial charge in [0.2, 0.25) is 5.95 Å². The van der Waals surface area contributed by atoms with E-state index in [2.05, 4.69) is 26.7 Å². The molecule has 3 heterocycles. The Bertz CT molecular complexity index is 500. The van der Waals surface area contributed by atoms with Gasteiger partial charge in [-0.15, -0.1) is 0 Å². The number of hydrogen-bond donors (Lipinski definition) is 0. The van der Waals surface area contributed by atoms with E-state index < -0.39 is 0 Å². The molecular formula is C18H28N4. The van der Waals surface area contributed by atoms with E-state index in [-0.39, 0.29) is 0 Å². The first-order chi connectivity index (χ1) is 10.8. The monoisotopic (exact) mass is 300 g/mol. The van der Waals surface area contributed by atoms with E-state index in [0.29, 0.717) is 5.54 Å². The van der Waals surface area contributed by atoms with Crippen molar-refractivity contribution in [1.82, 2.24) is 14.9 Å². The Balaban J connectivity index is 1.40. The van der Waals surface area contributed by atoms with Crippen LogP contribution in [0.2, 0.25) is 0 Å². The van der Waals surface area contributed by atoms with Gasteiger partial charge >= 0.3 is 0 Å². The largest absolute Gasteiger partial charge is 0.341 e. The third kappa shape index (κ3) is 2.73. The van der Waals surface area contributed by atoms with E-state index >= 15 is 0 Å². The molecule has 2 aliphatic heterocycles. The molecule has 3 aliphatic rings. The maximum atomic E-state index is 4.57. The Morgan fingerprint density at radius 2 is 1.82 bits per heavy atom. The predicted octanol–water partition coefficient (Wildman–Crippen LogP) is 2.88. The molecule has 1 aromatic rings. The first-order valence-corrected chi connectivity index (χ1v) is 9.10. The lowest BCUT2D eigenvalue weighted by Crippen LogP contribution is -2.53. The molecule has 0 radical (unpaired) electrons. The molecule has 1 aliphatic carbocycles. The topological polar surface area (TPSA) is 32.3 Å². The first-order valence-electron chi connectivity index (χ1n) is 9.10. The van der Waals surface area contributed by atoms with Crippen molar-refractivity contribution in [3.05, 3.63) is 18.0 Å². The van der Waals surface area contributed by atoms with Crippen LogP contribution < -0.4 is 4.90 Å². The van der Waals surface area contributed by atoms with Crippen LogP contribution >= 0.6 is 0 Å². The zero-order valence-corrected chi connectivity index (χ0v) is 13.8. The van der Waals surface area contributed by atoms with Crippen LogP contribution in [0.5, 0.6) is 0 Å². The van der Waals surface area contributed by atoms with Crippen molar-refractivity contribution in [2.24, 2.45) is 5.92 Å². The highest BCUT2D eigenvalue weighted by molar-refractivity contribution is 5.31. The van der Waals surface area contributed by atoms with Crippen molar-refractivity contribution in [1.29, 1.82) is 0 Å². The van der Waals surface area contributed by atoms with Crippen molar-refractivity contribution in [2.75, 3.05) is 31.1 Å². The Kier molecular flexibility index (Phi) is 3.81. The van der Waals surface area contributed by atoms with E-state index in [9.17, 15) is 0 Å². The molecule has 0 bridgehead atoms. The molecule has 120 valence electrons. The summed E-state index contributed by atoms with van der Waals surface area (Å²) in [6.07, 6.45) is 13.3. The SMILES string of the molecule is CCc1cnc(N2CCC3(CCCN3CC3CC3)CC2)nc1. The number of aromatic nitrogens is 2. The van der Waals surface area contributed by atoms with Crippen LogP contribution in [-0.2, 0) is 6.42 Å². The third-order valence-corrected chi connectivity index (χ3v) is 5.99. The molecule has 4 rings (SSSR count). The van der Waals surface area contributed by atoms with Crippen LogP contribution in [0.3, 0.4) is 0 Å². The van der Waals surface area contributed by atoms with Gasteiger partial charge in [-0.1, -0.05) is 6.92 Å². The highest BCUT2D eigenvalue weighted by atomic mass is 15.3. The molecule has 0 aromatic carbocycles. The molecule has 0 amide bonds. The van der Waals surface area contributed by atoms with Gasteiger partial charge in [0.15, 0.2) is 0 Å². The van der Waals surface area contributed by atoms with Crippen LogP contribution in [0.25, 0.3) is 0 Å². The van der Waals surface area contributed by atoms with Gasteiger partial charge in [-0.25, -0.2) is 9.97 Å². The lowest BCUT2D eigenvalue weighted by atomic mass is 9.85. The van der Waals surface area contributed by atoms with Gasteiger partial charge in [0, 0.05) is 37.6 Å². The number of nitrogens with zero attached hydrogens (tertiary/aromatic N) is 4. The average Bonchev–Trinajstić information content (AvgIpc) is 3.31. The summed E-state index contributed by atoms with van der Waals surface area (Å²) in [5, 5.41) is 0. The molecule has 1 saturated carbocycles. The highest BCUT2D eigenvalue weighted by Crippen LogP contribution is 2.42. The Morgan fingerprint density at radius 1 is 1.09 bits per heavy atom. The standard InChI is InChI=1S/C18H28N4/c1-2-15-12-19-17(20-13-15)21-10-7-18(8-11-21)6-3-9-22(18)14-16-4-5-16/h12-13,16H,2-11,14H2,1H3. The summed E-state index contributed by atoms with van der Waals surface area (Å²) < 4.78 is 0. The number of rotatable bonds is 4. The second kappa shape index (κ2) is 5.80. The summed E-state index contributed by atoms with van der Waals surface area (Å²) in [5.41, 5.74) is 1.73. The smallest absolute Gasteiger partial charge is 0.225 e. The molecule has 0 atom stereocenters. The quantitative estimate of drug-likeness (QED) is 0.856. The van der Waals surface area contributed by atoms with E-state index in [4.69, 9.17) is 0 Å². The van der Waals surface area contributed by atoms with Crippen molar-refractivity contribution >= 4 is 5.95 Å². The number of aryl methyl sites for hydroxylation is 1. The van der Waals surface area contributed by atoms with E-state index in [1.165, 1.54) is 57.2 Å². The fourth-order valence-electron chi connectivity index (χ4n) is 4.27. The zero-order chi connectivity index (χ0) is 15.0. The van der Waals surface area contributed by atoms with Crippen LogP contribution in [0.15, 0.2) is 12.4 Å². The van der Waals surface area contributed by atoms with E-state index in [1.807, 2.05) is 12.4 Å². The maximum Gasteiger partial charge on any atom is 0.225 e. The molecule has 4 heteroatoms. The molecule has 4 nitrogen and oxygen atoms in total. The fourth-order valence-corrected chi connectivity index (χ4v) is 4.27. The zero-order valence-electron chi connectivity index (χ0n) is 13.8. The Labute approximate surface area is 133 Å². The average molecular weight is 300 g/mol. The maximum absolute atomic E-state index is 4.57. The molecule has 3 fully saturated rings. The van der Waals surface area contributed by atoms with Gasteiger partial charge in [0.1, 0.15) is 0 Å². The van der Waals surface area contributed by atoms with Crippen LogP contribution in [0.1, 0.15) is 51.0 Å². The van der Waals surface area contributed by atoms with Gasteiger partial charge in [0.05, 0.1) is 0 Å². The normalized spacial score (nSPS) is 25.0. The van der Waals surface area contributed by atoms with Crippen LogP contribution in [-0.4, -0.2) is 46.6 Å². The van der Waals surface area contributed by atoms with Gasteiger partial charge in [-0.2, -0.15) is 0 Å². The second-order valence-electron chi connectivity index (χ2n) is 7.45. The summed E-state index contributed by atoms with van der Waals surface area (Å²) in [4.78, 5) is 14.4. The highest BCUT2D eigenvalue weighted by Gasteiger charge is 2.44. The lowest BCUT2D eigenvalue weighted by molar-refractivity contribution is 0.102. The van der Waals surface area contributed by atoms with Crippen LogP contribution in [0, 0.1) is 5.92 Å². The second-order valence-corrected chi connectivity index (χ2v) is 7.45. The lowest BCUT2D eigenvalue weighted by Gasteiger charge is -2.45. The number of likely N-dealkylation sites (tertiary alicyclic amines) is 1. The summed E-state index contributed by atoms with van der Waals surface area (Å²) >= 11 is 0. The predicted molar refractivity (Wildman–Crippen MR) is 89.1 cm³/mol. The van der Waals surface area contributed by atoms with E-state index in [1.54, 1.807) is 0 Å². The van der Waals surface area contributed by atoms with Gasteiger partial charge < -0.3 is 4.90 Å². The number of piperidine rings is 1. The third-order valence-electron chi connectivity index (χ3n) is 5.99.